The van der Waals surface area contributed by atoms with Crippen molar-refractivity contribution in [2.45, 2.75) is 0 Å². The highest BCUT2D eigenvalue weighted by molar-refractivity contribution is 6.38. The normalized spacial score (nSPS) is 10.8. The molecule has 4 aromatic rings. The fourth-order valence-electron chi connectivity index (χ4n) is 2.64. The predicted octanol–water partition coefficient (Wildman–Crippen LogP) is 5.01. The van der Waals surface area contributed by atoms with Crippen LogP contribution < -0.4 is 0 Å². The first-order chi connectivity index (χ1) is 11.3. The van der Waals surface area contributed by atoms with Gasteiger partial charge < -0.3 is 0 Å². The molecule has 0 saturated heterocycles. The highest BCUT2D eigenvalue weighted by Gasteiger charge is 2.17. The second kappa shape index (κ2) is 5.78. The summed E-state index contributed by atoms with van der Waals surface area (Å²) in [7, 11) is 0. The van der Waals surface area contributed by atoms with Gasteiger partial charge in [-0.2, -0.15) is 0 Å². The second-order valence-electron chi connectivity index (χ2n) is 5.13. The van der Waals surface area contributed by atoms with Gasteiger partial charge in [-0.05, 0) is 29.8 Å². The van der Waals surface area contributed by atoms with E-state index in [9.17, 15) is 0 Å². The summed E-state index contributed by atoms with van der Waals surface area (Å²) in [5.41, 5.74) is 4.37. The SMILES string of the molecule is Clc1c(-c2ccncc2)c(-c2ccccc2)nc2ncccc12. The molecule has 0 aliphatic carbocycles. The van der Waals surface area contributed by atoms with E-state index in [1.165, 1.54) is 0 Å². The highest BCUT2D eigenvalue weighted by Crippen LogP contribution is 2.39. The van der Waals surface area contributed by atoms with Gasteiger partial charge in [-0.15, -0.1) is 0 Å². The van der Waals surface area contributed by atoms with Gasteiger partial charge in [0.05, 0.1) is 10.7 Å². The van der Waals surface area contributed by atoms with Gasteiger partial charge in [0.1, 0.15) is 0 Å². The second-order valence-corrected chi connectivity index (χ2v) is 5.50. The molecule has 0 unspecified atom stereocenters. The van der Waals surface area contributed by atoms with E-state index < -0.39 is 0 Å². The van der Waals surface area contributed by atoms with Crippen LogP contribution in [0.1, 0.15) is 0 Å². The first-order valence-corrected chi connectivity index (χ1v) is 7.62. The molecular formula is C19H12ClN3. The van der Waals surface area contributed by atoms with E-state index in [0.717, 1.165) is 27.8 Å². The van der Waals surface area contributed by atoms with Crippen LogP contribution in [0.15, 0.2) is 73.2 Å². The highest BCUT2D eigenvalue weighted by atomic mass is 35.5. The molecule has 0 aliphatic heterocycles. The summed E-state index contributed by atoms with van der Waals surface area (Å²) in [5, 5.41) is 1.51. The summed E-state index contributed by atoms with van der Waals surface area (Å²) in [6, 6.07) is 17.7. The number of nitrogens with zero attached hydrogens (tertiary/aromatic N) is 3. The van der Waals surface area contributed by atoms with Crippen molar-refractivity contribution in [1.82, 2.24) is 15.0 Å². The Kier molecular flexibility index (Phi) is 3.48. The standard InChI is InChI=1S/C19H12ClN3/c20-17-15-7-4-10-22-19(15)23-18(14-5-2-1-3-6-14)16(17)13-8-11-21-12-9-13/h1-12H. The minimum atomic E-state index is 0.647. The fraction of sp³-hybridized carbons (Fsp3) is 0. The molecule has 0 aliphatic rings. The van der Waals surface area contributed by atoms with Crippen LogP contribution in [0, 0.1) is 0 Å². The number of rotatable bonds is 2. The van der Waals surface area contributed by atoms with Crippen LogP contribution in [0.3, 0.4) is 0 Å². The van der Waals surface area contributed by atoms with Crippen LogP contribution in [0.25, 0.3) is 33.4 Å². The lowest BCUT2D eigenvalue weighted by atomic mass is 9.99. The van der Waals surface area contributed by atoms with E-state index in [2.05, 4.69) is 9.97 Å². The Bertz CT molecular complexity index is 970. The molecule has 0 atom stereocenters. The van der Waals surface area contributed by atoms with Gasteiger partial charge in [0.25, 0.3) is 0 Å². The zero-order valence-corrected chi connectivity index (χ0v) is 12.9. The number of hydrogen-bond acceptors (Lipinski definition) is 3. The molecule has 0 radical (unpaired) electrons. The van der Waals surface area contributed by atoms with E-state index in [1.54, 1.807) is 18.6 Å². The Labute approximate surface area is 138 Å². The summed E-state index contributed by atoms with van der Waals surface area (Å²) in [5.74, 6) is 0. The third-order valence-electron chi connectivity index (χ3n) is 3.71. The molecule has 0 N–H and O–H groups in total. The molecule has 3 heterocycles. The molecule has 0 spiro atoms. The monoisotopic (exact) mass is 317 g/mol. The average Bonchev–Trinajstić information content (AvgIpc) is 2.63. The Morgan fingerprint density at radius 2 is 1.52 bits per heavy atom. The topological polar surface area (TPSA) is 38.7 Å². The molecular weight excluding hydrogens is 306 g/mol. The lowest BCUT2D eigenvalue weighted by molar-refractivity contribution is 1.28. The molecule has 3 nitrogen and oxygen atoms in total. The zero-order valence-electron chi connectivity index (χ0n) is 12.1. The Balaban J connectivity index is 2.11. The van der Waals surface area contributed by atoms with E-state index >= 15 is 0 Å². The molecule has 0 fully saturated rings. The molecule has 23 heavy (non-hydrogen) atoms. The smallest absolute Gasteiger partial charge is 0.161 e. The van der Waals surface area contributed by atoms with Crippen molar-refractivity contribution in [2.75, 3.05) is 0 Å². The van der Waals surface area contributed by atoms with Gasteiger partial charge in [-0.3, -0.25) is 4.98 Å². The summed E-state index contributed by atoms with van der Waals surface area (Å²) in [6.45, 7) is 0. The number of benzene rings is 1. The van der Waals surface area contributed by atoms with E-state index in [0.29, 0.717) is 10.7 Å². The quantitative estimate of drug-likeness (QED) is 0.521. The summed E-state index contributed by atoms with van der Waals surface area (Å²) in [4.78, 5) is 13.2. The number of halogens is 1. The fourth-order valence-corrected chi connectivity index (χ4v) is 2.99. The van der Waals surface area contributed by atoms with E-state index in [4.69, 9.17) is 16.6 Å². The molecule has 0 amide bonds. The van der Waals surface area contributed by atoms with Gasteiger partial charge in [0.15, 0.2) is 5.65 Å². The van der Waals surface area contributed by atoms with Crippen LogP contribution in [-0.2, 0) is 0 Å². The van der Waals surface area contributed by atoms with Gasteiger partial charge in [0, 0.05) is 35.1 Å². The van der Waals surface area contributed by atoms with Crippen LogP contribution in [0.4, 0.5) is 0 Å². The van der Waals surface area contributed by atoms with Crippen LogP contribution in [-0.4, -0.2) is 15.0 Å². The minimum absolute atomic E-state index is 0.647. The maximum Gasteiger partial charge on any atom is 0.161 e. The van der Waals surface area contributed by atoms with Crippen molar-refractivity contribution < 1.29 is 0 Å². The van der Waals surface area contributed by atoms with Crippen molar-refractivity contribution in [3.8, 4) is 22.4 Å². The maximum absolute atomic E-state index is 6.73. The lowest BCUT2D eigenvalue weighted by Gasteiger charge is -2.13. The first-order valence-electron chi connectivity index (χ1n) is 7.24. The van der Waals surface area contributed by atoms with Crippen molar-refractivity contribution in [3.05, 3.63) is 78.2 Å². The molecule has 110 valence electrons. The summed E-state index contributed by atoms with van der Waals surface area (Å²) < 4.78 is 0. The molecule has 3 aromatic heterocycles. The van der Waals surface area contributed by atoms with Crippen molar-refractivity contribution >= 4 is 22.6 Å². The van der Waals surface area contributed by atoms with Crippen molar-refractivity contribution in [3.63, 3.8) is 0 Å². The van der Waals surface area contributed by atoms with Gasteiger partial charge in [-0.1, -0.05) is 41.9 Å². The molecule has 0 bridgehead atoms. The van der Waals surface area contributed by atoms with Crippen LogP contribution in [0.5, 0.6) is 0 Å². The third kappa shape index (κ3) is 2.45. The predicted molar refractivity (Wildman–Crippen MR) is 93.2 cm³/mol. The van der Waals surface area contributed by atoms with Crippen molar-refractivity contribution in [1.29, 1.82) is 0 Å². The third-order valence-corrected chi connectivity index (χ3v) is 4.11. The van der Waals surface area contributed by atoms with Gasteiger partial charge in [0.2, 0.25) is 0 Å². The lowest BCUT2D eigenvalue weighted by Crippen LogP contribution is -1.94. The Morgan fingerprint density at radius 1 is 0.739 bits per heavy atom. The number of pyridine rings is 3. The molecule has 4 heteroatoms. The molecule has 0 saturated carbocycles. The summed E-state index contributed by atoms with van der Waals surface area (Å²) in [6.07, 6.45) is 5.24. The Morgan fingerprint density at radius 3 is 2.30 bits per heavy atom. The number of fused-ring (bicyclic) bond motifs is 1. The van der Waals surface area contributed by atoms with Gasteiger partial charge >= 0.3 is 0 Å². The van der Waals surface area contributed by atoms with Crippen LogP contribution in [0.2, 0.25) is 5.02 Å². The zero-order chi connectivity index (χ0) is 15.6. The summed E-state index contributed by atoms with van der Waals surface area (Å²) >= 11 is 6.73. The molecule has 4 rings (SSSR count). The average molecular weight is 318 g/mol. The van der Waals surface area contributed by atoms with E-state index in [1.807, 2.05) is 54.6 Å². The maximum atomic E-state index is 6.73. The number of hydrogen-bond donors (Lipinski definition) is 0. The van der Waals surface area contributed by atoms with Crippen LogP contribution >= 0.6 is 11.6 Å². The number of aromatic nitrogens is 3. The van der Waals surface area contributed by atoms with Gasteiger partial charge in [-0.25, -0.2) is 9.97 Å². The first kappa shape index (κ1) is 13.9. The largest absolute Gasteiger partial charge is 0.265 e. The molecule has 1 aromatic carbocycles. The van der Waals surface area contributed by atoms with E-state index in [-0.39, 0.29) is 0 Å². The Hall–Kier alpha value is -2.78. The minimum Gasteiger partial charge on any atom is -0.265 e. The van der Waals surface area contributed by atoms with Crippen molar-refractivity contribution in [2.24, 2.45) is 0 Å².